The van der Waals surface area contributed by atoms with Crippen molar-refractivity contribution in [2.45, 2.75) is 43.2 Å². The molecule has 1 aromatic heterocycles. The van der Waals surface area contributed by atoms with E-state index in [-0.39, 0.29) is 0 Å². The minimum atomic E-state index is -3.66. The van der Waals surface area contributed by atoms with Gasteiger partial charge in [0.25, 0.3) is 0 Å². The maximum absolute atomic E-state index is 13.1. The predicted octanol–water partition coefficient (Wildman–Crippen LogP) is 2.88. The molecule has 0 aliphatic heterocycles. The molecule has 1 heterocycles. The molecule has 6 nitrogen and oxygen atoms in total. The molecule has 0 amide bonds. The van der Waals surface area contributed by atoms with E-state index in [1.807, 2.05) is 42.5 Å². The number of aryl methyl sites for hydroxylation is 2. The van der Waals surface area contributed by atoms with Crippen LogP contribution in [-0.4, -0.2) is 23.4 Å². The Labute approximate surface area is 159 Å². The molecule has 1 atom stereocenters. The van der Waals surface area contributed by atoms with Gasteiger partial charge >= 0.3 is 0 Å². The number of nitrogens with zero attached hydrogens (tertiary/aromatic N) is 3. The van der Waals surface area contributed by atoms with Gasteiger partial charge in [-0.1, -0.05) is 36.4 Å². The largest absolute Gasteiger partial charge is 0.241 e. The van der Waals surface area contributed by atoms with Gasteiger partial charge < -0.3 is 0 Å². The quantitative estimate of drug-likeness (QED) is 0.711. The molecule has 0 radical (unpaired) electrons. The van der Waals surface area contributed by atoms with E-state index in [9.17, 15) is 8.42 Å². The van der Waals surface area contributed by atoms with Crippen molar-refractivity contribution in [3.05, 3.63) is 77.6 Å². The van der Waals surface area contributed by atoms with E-state index in [4.69, 9.17) is 0 Å². The third-order valence-electron chi connectivity index (χ3n) is 4.94. The average molecular weight is 382 g/mol. The third-order valence-corrected chi connectivity index (χ3v) is 6.41. The van der Waals surface area contributed by atoms with Gasteiger partial charge in [0.2, 0.25) is 10.0 Å². The van der Waals surface area contributed by atoms with Crippen molar-refractivity contribution in [3.63, 3.8) is 0 Å². The number of hydrogen-bond donors (Lipinski definition) is 1. The fraction of sp³-hybridized carbons (Fsp3) is 0.300. The second-order valence-electron chi connectivity index (χ2n) is 6.81. The van der Waals surface area contributed by atoms with Crippen LogP contribution in [0, 0.1) is 0 Å². The van der Waals surface area contributed by atoms with Crippen molar-refractivity contribution >= 4 is 10.0 Å². The van der Waals surface area contributed by atoms with Crippen LogP contribution in [0.3, 0.4) is 0 Å². The Bertz CT molecular complexity index is 1000. The molecule has 1 aliphatic carbocycles. The minimum Gasteiger partial charge on any atom is -0.207 e. The van der Waals surface area contributed by atoms with E-state index in [0.29, 0.717) is 11.4 Å². The molecule has 1 aliphatic rings. The normalized spacial score (nSPS) is 15.3. The zero-order valence-corrected chi connectivity index (χ0v) is 15.8. The van der Waals surface area contributed by atoms with E-state index in [1.54, 1.807) is 18.5 Å². The molecule has 7 heteroatoms. The smallest absolute Gasteiger partial charge is 0.207 e. The number of nitrogens with one attached hydrogen (secondary N) is 1. The van der Waals surface area contributed by atoms with Crippen LogP contribution in [-0.2, 0) is 29.4 Å². The highest BCUT2D eigenvalue weighted by Crippen LogP contribution is 2.25. The zero-order valence-electron chi connectivity index (χ0n) is 15.0. The molecule has 0 fully saturated rings. The molecule has 3 aromatic rings. The molecule has 27 heavy (non-hydrogen) atoms. The highest BCUT2D eigenvalue weighted by Gasteiger charge is 2.23. The predicted molar refractivity (Wildman–Crippen MR) is 103 cm³/mol. The highest BCUT2D eigenvalue weighted by molar-refractivity contribution is 7.89. The topological polar surface area (TPSA) is 76.9 Å². The van der Waals surface area contributed by atoms with Crippen molar-refractivity contribution in [3.8, 4) is 0 Å². The third kappa shape index (κ3) is 4.09. The fourth-order valence-corrected chi connectivity index (χ4v) is 4.80. The highest BCUT2D eigenvalue weighted by atomic mass is 32.2. The number of benzene rings is 2. The van der Waals surface area contributed by atoms with Gasteiger partial charge in [0.1, 0.15) is 0 Å². The van der Waals surface area contributed by atoms with Crippen molar-refractivity contribution in [2.24, 2.45) is 0 Å². The maximum Gasteiger partial charge on any atom is 0.241 e. The first-order chi connectivity index (χ1) is 13.1. The molecule has 140 valence electrons. The lowest BCUT2D eigenvalue weighted by atomic mass is 9.92. The molecule has 0 bridgehead atoms. The number of sulfonamides is 1. The molecule has 2 aromatic carbocycles. The van der Waals surface area contributed by atoms with Crippen LogP contribution in [0.1, 0.15) is 35.6 Å². The van der Waals surface area contributed by atoms with Gasteiger partial charge in [-0.15, -0.1) is 0 Å². The van der Waals surface area contributed by atoms with Gasteiger partial charge in [-0.3, -0.25) is 0 Å². The number of fused-ring (bicyclic) bond motifs is 1. The van der Waals surface area contributed by atoms with Crippen molar-refractivity contribution < 1.29 is 8.42 Å². The van der Waals surface area contributed by atoms with Crippen molar-refractivity contribution in [1.82, 2.24) is 19.7 Å². The number of rotatable bonds is 6. The lowest BCUT2D eigenvalue weighted by Crippen LogP contribution is -2.32. The van der Waals surface area contributed by atoms with Crippen LogP contribution >= 0.6 is 0 Å². The SMILES string of the molecule is O=S(=O)(NC(Cn1nccn1)c1ccccc1)c1ccc2c(c1)CCCC2. The van der Waals surface area contributed by atoms with Gasteiger partial charge in [0.05, 0.1) is 29.9 Å². The Hall–Kier alpha value is -2.51. The molecule has 0 spiro atoms. The Morgan fingerprint density at radius 3 is 2.41 bits per heavy atom. The van der Waals surface area contributed by atoms with Crippen LogP contribution in [0.2, 0.25) is 0 Å². The summed E-state index contributed by atoms with van der Waals surface area (Å²) < 4.78 is 29.0. The first-order valence-electron chi connectivity index (χ1n) is 9.15. The summed E-state index contributed by atoms with van der Waals surface area (Å²) in [7, 11) is -3.66. The van der Waals surface area contributed by atoms with E-state index in [2.05, 4.69) is 14.9 Å². The summed E-state index contributed by atoms with van der Waals surface area (Å²) in [6.07, 6.45) is 7.42. The number of hydrogen-bond acceptors (Lipinski definition) is 4. The van der Waals surface area contributed by atoms with Crippen LogP contribution in [0.4, 0.5) is 0 Å². The fourth-order valence-electron chi connectivity index (χ4n) is 3.53. The second-order valence-corrected chi connectivity index (χ2v) is 8.52. The lowest BCUT2D eigenvalue weighted by molar-refractivity contribution is 0.444. The van der Waals surface area contributed by atoms with Crippen LogP contribution < -0.4 is 4.72 Å². The first-order valence-corrected chi connectivity index (χ1v) is 10.6. The van der Waals surface area contributed by atoms with Crippen LogP contribution in [0.5, 0.6) is 0 Å². The molecule has 4 rings (SSSR count). The molecule has 0 saturated carbocycles. The molecular formula is C20H22N4O2S. The molecule has 1 N–H and O–H groups in total. The zero-order chi connectivity index (χ0) is 18.7. The summed E-state index contributed by atoms with van der Waals surface area (Å²) in [5, 5.41) is 8.23. The standard InChI is InChI=1S/C20H22N4O2S/c25-27(26,19-11-10-16-6-4-5-9-18(16)14-19)23-20(15-24-21-12-13-22-24)17-7-2-1-3-8-17/h1-3,7-8,10-14,20,23H,4-6,9,15H2. The maximum atomic E-state index is 13.1. The van der Waals surface area contributed by atoms with Gasteiger partial charge in [-0.25, -0.2) is 13.1 Å². The van der Waals surface area contributed by atoms with E-state index in [1.165, 1.54) is 16.8 Å². The Balaban J connectivity index is 1.63. The van der Waals surface area contributed by atoms with E-state index < -0.39 is 16.1 Å². The van der Waals surface area contributed by atoms with Gasteiger partial charge in [-0.2, -0.15) is 15.0 Å². The number of aromatic nitrogens is 3. The molecular weight excluding hydrogens is 360 g/mol. The summed E-state index contributed by atoms with van der Waals surface area (Å²) in [4.78, 5) is 1.81. The summed E-state index contributed by atoms with van der Waals surface area (Å²) in [6, 6.07) is 14.5. The summed E-state index contributed by atoms with van der Waals surface area (Å²) >= 11 is 0. The van der Waals surface area contributed by atoms with E-state index in [0.717, 1.165) is 30.4 Å². The minimum absolute atomic E-state index is 0.317. The Kier molecular flexibility index (Phi) is 5.05. The second kappa shape index (κ2) is 7.62. The summed E-state index contributed by atoms with van der Waals surface area (Å²) in [6.45, 7) is 0.321. The van der Waals surface area contributed by atoms with Gasteiger partial charge in [-0.05, 0) is 54.5 Å². The summed E-state index contributed by atoms with van der Waals surface area (Å²) in [5.74, 6) is 0. The van der Waals surface area contributed by atoms with Gasteiger partial charge in [0, 0.05) is 0 Å². The van der Waals surface area contributed by atoms with Crippen LogP contribution in [0.25, 0.3) is 0 Å². The molecule has 0 saturated heterocycles. The summed E-state index contributed by atoms with van der Waals surface area (Å²) in [5.41, 5.74) is 3.28. The Morgan fingerprint density at radius 2 is 1.67 bits per heavy atom. The first kappa shape index (κ1) is 17.9. The van der Waals surface area contributed by atoms with E-state index >= 15 is 0 Å². The van der Waals surface area contributed by atoms with Crippen molar-refractivity contribution in [2.75, 3.05) is 0 Å². The monoisotopic (exact) mass is 382 g/mol. The van der Waals surface area contributed by atoms with Crippen LogP contribution in [0.15, 0.2) is 65.8 Å². The average Bonchev–Trinajstić information content (AvgIpc) is 3.21. The lowest BCUT2D eigenvalue weighted by Gasteiger charge is -2.20. The molecule has 1 unspecified atom stereocenters. The van der Waals surface area contributed by atoms with Crippen molar-refractivity contribution in [1.29, 1.82) is 0 Å². The Morgan fingerprint density at radius 1 is 0.963 bits per heavy atom. The van der Waals surface area contributed by atoms with Gasteiger partial charge in [0.15, 0.2) is 0 Å².